The van der Waals surface area contributed by atoms with Gasteiger partial charge in [-0.25, -0.2) is 0 Å². The number of nitrogens with two attached hydrogens (primary N) is 1. The second-order valence-corrected chi connectivity index (χ2v) is 4.30. The van der Waals surface area contributed by atoms with Crippen molar-refractivity contribution in [3.63, 3.8) is 0 Å². The monoisotopic (exact) mass is 235 g/mol. The van der Waals surface area contributed by atoms with Crippen LogP contribution < -0.4 is 16.4 Å². The van der Waals surface area contributed by atoms with Gasteiger partial charge in [-0.05, 0) is 25.1 Å². The molecule has 1 rings (SSSR count). The van der Waals surface area contributed by atoms with Gasteiger partial charge in [-0.15, -0.1) is 0 Å². The van der Waals surface area contributed by atoms with Crippen LogP contribution in [0, 0.1) is 0 Å². The molecule has 0 saturated heterocycles. The van der Waals surface area contributed by atoms with E-state index in [4.69, 9.17) is 5.73 Å². The van der Waals surface area contributed by atoms with E-state index in [1.807, 2.05) is 26.1 Å². The molecule has 17 heavy (non-hydrogen) atoms. The number of rotatable bonds is 6. The molecule has 4 heteroatoms. The lowest BCUT2D eigenvalue weighted by molar-refractivity contribution is -0.121. The molecule has 0 aliphatic rings. The molecule has 0 radical (unpaired) electrons. The minimum absolute atomic E-state index is 0.000647. The van der Waals surface area contributed by atoms with Gasteiger partial charge in [0, 0.05) is 25.6 Å². The van der Waals surface area contributed by atoms with Crippen LogP contribution in [0.4, 0.5) is 0 Å². The van der Waals surface area contributed by atoms with Crippen LogP contribution in [0.25, 0.3) is 0 Å². The second-order valence-electron chi connectivity index (χ2n) is 4.30. The number of carbonyl (C=O) groups is 1. The van der Waals surface area contributed by atoms with Gasteiger partial charge in [0.15, 0.2) is 0 Å². The molecule has 0 aliphatic heterocycles. The van der Waals surface area contributed by atoms with Crippen molar-refractivity contribution in [2.45, 2.75) is 32.5 Å². The summed E-state index contributed by atoms with van der Waals surface area (Å²) in [6, 6.07) is 8.08. The minimum atomic E-state index is -0.0898. The third-order valence-corrected chi connectivity index (χ3v) is 2.40. The van der Waals surface area contributed by atoms with Crippen LogP contribution in [0.3, 0.4) is 0 Å². The van der Waals surface area contributed by atoms with Crippen molar-refractivity contribution in [2.24, 2.45) is 5.73 Å². The van der Waals surface area contributed by atoms with Gasteiger partial charge in [0.05, 0.1) is 0 Å². The predicted octanol–water partition coefficient (Wildman–Crippen LogP) is 0.760. The molecule has 1 aromatic carbocycles. The number of benzene rings is 1. The molecule has 0 bridgehead atoms. The fourth-order valence-electron chi connectivity index (χ4n) is 1.54. The van der Waals surface area contributed by atoms with Gasteiger partial charge in [-0.3, -0.25) is 4.79 Å². The number of hydrogen-bond donors (Lipinski definition) is 3. The number of amides is 1. The number of hydrogen-bond acceptors (Lipinski definition) is 3. The standard InChI is InChI=1S/C13H21N3O/c1-10(14)7-13(17)16-9-12-5-3-11(4-6-12)8-15-2/h3-6,10,15H,7-9,14H2,1-2H3,(H,16,17). The van der Waals surface area contributed by atoms with Gasteiger partial charge < -0.3 is 16.4 Å². The van der Waals surface area contributed by atoms with Gasteiger partial charge in [-0.1, -0.05) is 24.3 Å². The molecule has 1 amide bonds. The first-order chi connectivity index (χ1) is 8.11. The fraction of sp³-hybridized carbons (Fsp3) is 0.462. The second kappa shape index (κ2) is 7.04. The Kier molecular flexibility index (Phi) is 5.66. The highest BCUT2D eigenvalue weighted by atomic mass is 16.1. The van der Waals surface area contributed by atoms with Gasteiger partial charge in [-0.2, -0.15) is 0 Å². The molecular weight excluding hydrogens is 214 g/mol. The molecule has 4 N–H and O–H groups in total. The molecule has 1 unspecified atom stereocenters. The Morgan fingerprint density at radius 2 is 1.76 bits per heavy atom. The average molecular weight is 235 g/mol. The molecule has 0 fully saturated rings. The highest BCUT2D eigenvalue weighted by Gasteiger charge is 2.04. The lowest BCUT2D eigenvalue weighted by atomic mass is 10.1. The van der Waals surface area contributed by atoms with Crippen molar-refractivity contribution in [3.05, 3.63) is 35.4 Å². The molecule has 94 valence electrons. The summed E-state index contributed by atoms with van der Waals surface area (Å²) >= 11 is 0. The summed E-state index contributed by atoms with van der Waals surface area (Å²) in [6.45, 7) is 3.24. The summed E-state index contributed by atoms with van der Waals surface area (Å²) < 4.78 is 0. The lowest BCUT2D eigenvalue weighted by Crippen LogP contribution is -2.29. The molecule has 0 aliphatic carbocycles. The van der Waals surface area contributed by atoms with Crippen molar-refractivity contribution in [2.75, 3.05) is 7.05 Å². The van der Waals surface area contributed by atoms with Crippen LogP contribution in [0.1, 0.15) is 24.5 Å². The largest absolute Gasteiger partial charge is 0.352 e. The maximum atomic E-state index is 11.4. The Balaban J connectivity index is 2.39. The molecular formula is C13H21N3O. The third kappa shape index (κ3) is 5.47. The third-order valence-electron chi connectivity index (χ3n) is 2.40. The molecule has 0 saturated carbocycles. The molecule has 1 atom stereocenters. The van der Waals surface area contributed by atoms with E-state index >= 15 is 0 Å². The zero-order valence-electron chi connectivity index (χ0n) is 10.5. The normalized spacial score (nSPS) is 12.2. The van der Waals surface area contributed by atoms with Gasteiger partial charge >= 0.3 is 0 Å². The summed E-state index contributed by atoms with van der Waals surface area (Å²) in [7, 11) is 1.92. The Bertz CT molecular complexity index is 346. The Morgan fingerprint density at radius 3 is 2.24 bits per heavy atom. The van der Waals surface area contributed by atoms with E-state index in [9.17, 15) is 4.79 Å². The van der Waals surface area contributed by atoms with Crippen molar-refractivity contribution in [3.8, 4) is 0 Å². The van der Waals surface area contributed by atoms with E-state index in [-0.39, 0.29) is 11.9 Å². The van der Waals surface area contributed by atoms with Gasteiger partial charge in [0.2, 0.25) is 5.91 Å². The maximum Gasteiger partial charge on any atom is 0.221 e. The summed E-state index contributed by atoms with van der Waals surface area (Å²) in [5, 5.41) is 5.94. The highest BCUT2D eigenvalue weighted by Crippen LogP contribution is 2.04. The number of nitrogens with one attached hydrogen (secondary N) is 2. The van der Waals surface area contributed by atoms with Gasteiger partial charge in [0.1, 0.15) is 0 Å². The summed E-state index contributed by atoms with van der Waals surface area (Å²) in [5.74, 6) is -0.000647. The Morgan fingerprint density at radius 1 is 1.24 bits per heavy atom. The van der Waals surface area contributed by atoms with E-state index in [1.54, 1.807) is 0 Å². The summed E-state index contributed by atoms with van der Waals surface area (Å²) in [4.78, 5) is 11.4. The quantitative estimate of drug-likeness (QED) is 0.682. The van der Waals surface area contributed by atoms with Crippen molar-refractivity contribution >= 4 is 5.91 Å². The van der Waals surface area contributed by atoms with E-state index in [0.717, 1.165) is 12.1 Å². The van der Waals surface area contributed by atoms with Crippen molar-refractivity contribution in [1.82, 2.24) is 10.6 Å². The van der Waals surface area contributed by atoms with Crippen LogP contribution >= 0.6 is 0 Å². The first-order valence-corrected chi connectivity index (χ1v) is 5.86. The summed E-state index contributed by atoms with van der Waals surface area (Å²) in [5.41, 5.74) is 7.88. The molecule has 1 aromatic rings. The zero-order valence-corrected chi connectivity index (χ0v) is 10.5. The van der Waals surface area contributed by atoms with E-state index in [0.29, 0.717) is 13.0 Å². The summed E-state index contributed by atoms with van der Waals surface area (Å²) in [6.07, 6.45) is 0.373. The minimum Gasteiger partial charge on any atom is -0.352 e. The lowest BCUT2D eigenvalue weighted by Gasteiger charge is -2.08. The van der Waals surface area contributed by atoms with Crippen LogP contribution in [0.2, 0.25) is 0 Å². The first-order valence-electron chi connectivity index (χ1n) is 5.86. The topological polar surface area (TPSA) is 67.1 Å². The zero-order chi connectivity index (χ0) is 12.7. The van der Waals surface area contributed by atoms with E-state index in [1.165, 1.54) is 5.56 Å². The van der Waals surface area contributed by atoms with E-state index in [2.05, 4.69) is 22.8 Å². The van der Waals surface area contributed by atoms with Crippen LogP contribution in [-0.4, -0.2) is 19.0 Å². The molecule has 0 heterocycles. The van der Waals surface area contributed by atoms with Crippen LogP contribution in [-0.2, 0) is 17.9 Å². The smallest absolute Gasteiger partial charge is 0.221 e. The highest BCUT2D eigenvalue weighted by molar-refractivity contribution is 5.76. The van der Waals surface area contributed by atoms with Crippen molar-refractivity contribution < 1.29 is 4.79 Å². The fourth-order valence-corrected chi connectivity index (χ4v) is 1.54. The van der Waals surface area contributed by atoms with Crippen molar-refractivity contribution in [1.29, 1.82) is 0 Å². The number of carbonyl (C=O) groups excluding carboxylic acids is 1. The Labute approximate surface area is 103 Å². The first kappa shape index (κ1) is 13.7. The average Bonchev–Trinajstić information content (AvgIpc) is 2.28. The Hall–Kier alpha value is -1.39. The molecule has 0 spiro atoms. The molecule has 0 aromatic heterocycles. The van der Waals surface area contributed by atoms with E-state index < -0.39 is 0 Å². The van der Waals surface area contributed by atoms with Crippen LogP contribution in [0.15, 0.2) is 24.3 Å². The predicted molar refractivity (Wildman–Crippen MR) is 69.3 cm³/mol. The molecule has 4 nitrogen and oxygen atoms in total. The maximum absolute atomic E-state index is 11.4. The SMILES string of the molecule is CNCc1ccc(CNC(=O)CC(C)N)cc1. The van der Waals surface area contributed by atoms with Crippen LogP contribution in [0.5, 0.6) is 0 Å². The van der Waals surface area contributed by atoms with Gasteiger partial charge in [0.25, 0.3) is 0 Å².